The van der Waals surface area contributed by atoms with E-state index in [1.54, 1.807) is 9.80 Å². The van der Waals surface area contributed by atoms with Gasteiger partial charge in [-0.15, -0.1) is 0 Å². The lowest BCUT2D eigenvalue weighted by Crippen LogP contribution is -2.46. The molecule has 2 heterocycles. The van der Waals surface area contributed by atoms with E-state index in [0.29, 0.717) is 13.0 Å². The smallest absolute Gasteiger partial charge is 0.306 e. The van der Waals surface area contributed by atoms with E-state index in [1.165, 1.54) is 7.11 Å². The zero-order chi connectivity index (χ0) is 21.8. The molecule has 0 bridgehead atoms. The fourth-order valence-corrected chi connectivity index (χ4v) is 4.07. The molecule has 0 aromatic heterocycles. The maximum Gasteiger partial charge on any atom is 0.306 e. The lowest BCUT2D eigenvalue weighted by Gasteiger charge is -2.29. The summed E-state index contributed by atoms with van der Waals surface area (Å²) in [6.45, 7) is 4.42. The van der Waals surface area contributed by atoms with Crippen molar-refractivity contribution in [2.24, 2.45) is 16.8 Å². The van der Waals surface area contributed by atoms with Crippen molar-refractivity contribution in [3.63, 3.8) is 0 Å². The van der Waals surface area contributed by atoms with Crippen molar-refractivity contribution in [1.29, 1.82) is 0 Å². The van der Waals surface area contributed by atoms with Crippen LogP contribution in [0.5, 0.6) is 0 Å². The summed E-state index contributed by atoms with van der Waals surface area (Å²) in [6, 6.07) is 7.60. The summed E-state index contributed by atoms with van der Waals surface area (Å²) in [4.78, 5) is 44.7. The third-order valence-corrected chi connectivity index (χ3v) is 6.11. The van der Waals surface area contributed by atoms with Crippen molar-refractivity contribution in [2.45, 2.75) is 32.7 Å². The van der Waals surface area contributed by atoms with Crippen LogP contribution in [0.3, 0.4) is 0 Å². The molecule has 8 heteroatoms. The van der Waals surface area contributed by atoms with Crippen LogP contribution < -0.4 is 0 Å². The van der Waals surface area contributed by atoms with Crippen LogP contribution in [-0.4, -0.2) is 60.2 Å². The van der Waals surface area contributed by atoms with Gasteiger partial charge in [-0.25, -0.2) is 0 Å². The first kappa shape index (κ1) is 22.2. The Morgan fingerprint density at radius 2 is 2.00 bits per heavy atom. The van der Waals surface area contributed by atoms with Gasteiger partial charge in [0, 0.05) is 23.1 Å². The van der Waals surface area contributed by atoms with Crippen molar-refractivity contribution in [3.8, 4) is 0 Å². The van der Waals surface area contributed by atoms with Gasteiger partial charge in [0.2, 0.25) is 12.3 Å². The number of aliphatic imine (C=N–C) groups is 1. The topological polar surface area (TPSA) is 79.3 Å². The molecule has 0 unspecified atom stereocenters. The minimum absolute atomic E-state index is 0.0200. The Balaban J connectivity index is 1.83. The molecular formula is C22H26BrN3O4. The average molecular weight is 476 g/mol. The van der Waals surface area contributed by atoms with Crippen molar-refractivity contribution in [1.82, 2.24) is 9.80 Å². The number of ether oxygens (including phenoxy) is 1. The Kier molecular flexibility index (Phi) is 7.07. The molecule has 2 aliphatic heterocycles. The van der Waals surface area contributed by atoms with Gasteiger partial charge in [-0.05, 0) is 23.6 Å². The van der Waals surface area contributed by atoms with Gasteiger partial charge in [0.05, 0.1) is 37.9 Å². The first-order valence-corrected chi connectivity index (χ1v) is 10.7. The summed E-state index contributed by atoms with van der Waals surface area (Å²) in [6.07, 6.45) is 3.44. The monoisotopic (exact) mass is 475 g/mol. The van der Waals surface area contributed by atoms with E-state index in [4.69, 9.17) is 9.73 Å². The molecule has 2 atom stereocenters. The molecular weight excluding hydrogens is 450 g/mol. The molecule has 2 aliphatic rings. The second-order valence-corrected chi connectivity index (χ2v) is 8.79. The van der Waals surface area contributed by atoms with Gasteiger partial charge in [0.25, 0.3) is 0 Å². The van der Waals surface area contributed by atoms with Crippen LogP contribution in [0.1, 0.15) is 32.3 Å². The number of methoxy groups -OCH3 is 1. The fraction of sp³-hybridized carbons (Fsp3) is 0.455. The van der Waals surface area contributed by atoms with Crippen molar-refractivity contribution in [3.05, 3.63) is 40.4 Å². The second-order valence-electron chi connectivity index (χ2n) is 7.88. The molecule has 3 rings (SSSR count). The van der Waals surface area contributed by atoms with Gasteiger partial charge >= 0.3 is 5.97 Å². The van der Waals surface area contributed by atoms with Crippen LogP contribution in [0.15, 0.2) is 39.8 Å². The standard InChI is InChI=1S/C22H26BrN3O4/c1-14(2)17(10-21(28)30-3)22(29)26-12-25(13-27)11-20(26)19-9-8-18(24-19)15-4-6-16(23)7-5-15/h4-8,13-14,17,20H,9-12H2,1-3H3/t17-,20-/m0/s1. The van der Waals surface area contributed by atoms with Crippen LogP contribution in [0.2, 0.25) is 0 Å². The second kappa shape index (κ2) is 9.55. The number of hydrogen-bond donors (Lipinski definition) is 0. The number of amides is 2. The number of carbonyl (C=O) groups is 3. The van der Waals surface area contributed by atoms with E-state index < -0.39 is 11.9 Å². The molecule has 7 nitrogen and oxygen atoms in total. The normalized spacial score (nSPS) is 19.6. The van der Waals surface area contributed by atoms with Crippen molar-refractivity contribution >= 4 is 45.6 Å². The quantitative estimate of drug-likeness (QED) is 0.448. The highest BCUT2D eigenvalue weighted by Gasteiger charge is 2.41. The molecule has 0 radical (unpaired) electrons. The van der Waals surface area contributed by atoms with E-state index in [2.05, 4.69) is 15.9 Å². The molecule has 1 aromatic carbocycles. The van der Waals surface area contributed by atoms with Crippen LogP contribution >= 0.6 is 15.9 Å². The Labute approximate surface area is 184 Å². The molecule has 30 heavy (non-hydrogen) atoms. The van der Waals surface area contributed by atoms with Gasteiger partial charge in [-0.2, -0.15) is 0 Å². The SMILES string of the molecule is COC(=O)C[C@H](C(=O)N1CN(C=O)C[C@H]1C1=NC(c2ccc(Br)cc2)=CC1)C(C)C. The van der Waals surface area contributed by atoms with E-state index in [-0.39, 0.29) is 31.0 Å². The zero-order valence-electron chi connectivity index (χ0n) is 17.4. The Hall–Kier alpha value is -2.48. The van der Waals surface area contributed by atoms with Crippen LogP contribution in [0, 0.1) is 11.8 Å². The van der Waals surface area contributed by atoms with Gasteiger partial charge in [0.1, 0.15) is 0 Å². The number of halogens is 1. The third-order valence-electron chi connectivity index (χ3n) is 5.58. The predicted octanol–water partition coefficient (Wildman–Crippen LogP) is 3.10. The Bertz CT molecular complexity index is 879. The highest BCUT2D eigenvalue weighted by atomic mass is 79.9. The number of benzene rings is 1. The summed E-state index contributed by atoms with van der Waals surface area (Å²) >= 11 is 3.43. The van der Waals surface area contributed by atoms with Gasteiger partial charge in [-0.1, -0.05) is 48.0 Å². The first-order valence-electron chi connectivity index (χ1n) is 9.94. The van der Waals surface area contributed by atoms with E-state index >= 15 is 0 Å². The van der Waals surface area contributed by atoms with Crippen molar-refractivity contribution < 1.29 is 19.1 Å². The van der Waals surface area contributed by atoms with E-state index in [9.17, 15) is 14.4 Å². The largest absolute Gasteiger partial charge is 0.469 e. The number of nitrogens with zero attached hydrogens (tertiary/aromatic N) is 3. The van der Waals surface area contributed by atoms with Crippen LogP contribution in [0.4, 0.5) is 0 Å². The minimum Gasteiger partial charge on any atom is -0.469 e. The summed E-state index contributed by atoms with van der Waals surface area (Å²) in [5.74, 6) is -1.11. The molecule has 0 spiro atoms. The van der Waals surface area contributed by atoms with E-state index in [1.807, 2.05) is 44.2 Å². The summed E-state index contributed by atoms with van der Waals surface area (Å²) in [5.41, 5.74) is 2.72. The molecule has 0 N–H and O–H groups in total. The molecule has 160 valence electrons. The number of esters is 1. The maximum atomic E-state index is 13.4. The molecule has 0 aliphatic carbocycles. The number of carbonyl (C=O) groups excluding carboxylic acids is 3. The highest BCUT2D eigenvalue weighted by Crippen LogP contribution is 2.29. The number of allylic oxidation sites excluding steroid dienone is 1. The first-order chi connectivity index (χ1) is 14.3. The van der Waals surface area contributed by atoms with Gasteiger partial charge < -0.3 is 14.5 Å². The highest BCUT2D eigenvalue weighted by molar-refractivity contribution is 9.10. The lowest BCUT2D eigenvalue weighted by atomic mass is 9.90. The third kappa shape index (κ3) is 4.80. The minimum atomic E-state index is -0.507. The Morgan fingerprint density at radius 1 is 1.30 bits per heavy atom. The predicted molar refractivity (Wildman–Crippen MR) is 117 cm³/mol. The van der Waals surface area contributed by atoms with Crippen molar-refractivity contribution in [2.75, 3.05) is 20.3 Å². The maximum absolute atomic E-state index is 13.4. The molecule has 0 saturated carbocycles. The molecule has 2 amide bonds. The van der Waals surface area contributed by atoms with Crippen LogP contribution in [0.25, 0.3) is 5.70 Å². The summed E-state index contributed by atoms with van der Waals surface area (Å²) < 4.78 is 5.77. The molecule has 1 saturated heterocycles. The Morgan fingerprint density at radius 3 is 2.60 bits per heavy atom. The van der Waals surface area contributed by atoms with Gasteiger partial charge in [0.15, 0.2) is 0 Å². The summed E-state index contributed by atoms with van der Waals surface area (Å²) in [7, 11) is 1.32. The van der Waals surface area contributed by atoms with Crippen LogP contribution in [-0.2, 0) is 19.1 Å². The average Bonchev–Trinajstić information content (AvgIpc) is 3.38. The zero-order valence-corrected chi connectivity index (χ0v) is 19.0. The molecule has 1 fully saturated rings. The fourth-order valence-electron chi connectivity index (χ4n) is 3.80. The lowest BCUT2D eigenvalue weighted by molar-refractivity contribution is -0.148. The molecule has 1 aromatic rings. The number of hydrogen-bond acceptors (Lipinski definition) is 5. The number of rotatable bonds is 7. The van der Waals surface area contributed by atoms with E-state index in [0.717, 1.165) is 27.9 Å². The van der Waals surface area contributed by atoms with Gasteiger partial charge in [-0.3, -0.25) is 19.4 Å². The summed E-state index contributed by atoms with van der Waals surface area (Å²) in [5, 5.41) is 0.